The van der Waals surface area contributed by atoms with E-state index in [1.165, 1.54) is 42.5 Å². The average molecular weight is 279 g/mol. The lowest BCUT2D eigenvalue weighted by atomic mass is 9.96. The van der Waals surface area contributed by atoms with Gasteiger partial charge in [0.15, 0.2) is 5.96 Å². The molecular weight excluding hydrogens is 254 g/mol. The zero-order valence-electron chi connectivity index (χ0n) is 12.0. The molecule has 2 N–H and O–H groups in total. The Morgan fingerprint density at radius 1 is 1.37 bits per heavy atom. The first kappa shape index (κ1) is 14.4. The number of hydrogen-bond acceptors (Lipinski definition) is 2. The van der Waals surface area contributed by atoms with Crippen molar-refractivity contribution in [2.75, 3.05) is 6.54 Å². The number of hydrogen-bond donors (Lipinski definition) is 2. The smallest absolute Gasteiger partial charge is 0.191 e. The van der Waals surface area contributed by atoms with E-state index in [-0.39, 0.29) is 0 Å². The van der Waals surface area contributed by atoms with E-state index in [0.29, 0.717) is 6.04 Å². The molecule has 1 aliphatic carbocycles. The SMILES string of the molecule is CCNC(=NCc1sccc1C)NC1CCCCC1. The van der Waals surface area contributed by atoms with E-state index >= 15 is 0 Å². The number of aliphatic imine (C=N–C) groups is 1. The van der Waals surface area contributed by atoms with Crippen LogP contribution in [0, 0.1) is 6.92 Å². The normalized spacial score (nSPS) is 17.5. The highest BCUT2D eigenvalue weighted by Gasteiger charge is 2.14. The first-order valence-electron chi connectivity index (χ1n) is 7.37. The molecule has 0 unspecified atom stereocenters. The minimum atomic E-state index is 0.607. The van der Waals surface area contributed by atoms with E-state index in [9.17, 15) is 0 Å². The van der Waals surface area contributed by atoms with Crippen molar-refractivity contribution in [2.45, 2.75) is 58.5 Å². The quantitative estimate of drug-likeness (QED) is 0.654. The molecule has 3 nitrogen and oxygen atoms in total. The van der Waals surface area contributed by atoms with Crippen molar-refractivity contribution in [3.63, 3.8) is 0 Å². The molecule has 0 amide bonds. The highest BCUT2D eigenvalue weighted by molar-refractivity contribution is 7.10. The van der Waals surface area contributed by atoms with Crippen molar-refractivity contribution in [2.24, 2.45) is 4.99 Å². The van der Waals surface area contributed by atoms with E-state index in [2.05, 4.69) is 35.9 Å². The van der Waals surface area contributed by atoms with Crippen LogP contribution in [-0.2, 0) is 6.54 Å². The fourth-order valence-corrected chi connectivity index (χ4v) is 3.31. The largest absolute Gasteiger partial charge is 0.357 e. The standard InChI is InChI=1S/C15H25N3S/c1-3-16-15(18-13-7-5-4-6-8-13)17-11-14-12(2)9-10-19-14/h9-10,13H,3-8,11H2,1-2H3,(H2,16,17,18). The third kappa shape index (κ3) is 4.53. The molecule has 0 aliphatic heterocycles. The fourth-order valence-electron chi connectivity index (χ4n) is 2.48. The van der Waals surface area contributed by atoms with Crippen molar-refractivity contribution in [1.29, 1.82) is 0 Å². The zero-order valence-corrected chi connectivity index (χ0v) is 12.9. The van der Waals surface area contributed by atoms with Gasteiger partial charge in [-0.2, -0.15) is 0 Å². The highest BCUT2D eigenvalue weighted by atomic mass is 32.1. The first-order chi connectivity index (χ1) is 9.29. The minimum Gasteiger partial charge on any atom is -0.357 e. The summed E-state index contributed by atoms with van der Waals surface area (Å²) >= 11 is 1.79. The van der Waals surface area contributed by atoms with Crippen molar-refractivity contribution < 1.29 is 0 Å². The van der Waals surface area contributed by atoms with Crippen LogP contribution in [0.2, 0.25) is 0 Å². The van der Waals surface area contributed by atoms with Crippen LogP contribution >= 0.6 is 11.3 Å². The lowest BCUT2D eigenvalue weighted by Crippen LogP contribution is -2.44. The molecule has 0 radical (unpaired) electrons. The molecule has 0 atom stereocenters. The summed E-state index contributed by atoms with van der Waals surface area (Å²) in [5, 5.41) is 9.08. The first-order valence-corrected chi connectivity index (χ1v) is 8.25. The molecule has 1 fully saturated rings. The predicted molar refractivity (Wildman–Crippen MR) is 83.9 cm³/mol. The average Bonchev–Trinajstić information content (AvgIpc) is 2.83. The molecule has 1 saturated carbocycles. The van der Waals surface area contributed by atoms with Crippen molar-refractivity contribution >= 4 is 17.3 Å². The molecule has 0 aromatic carbocycles. The Labute approximate surface area is 120 Å². The Morgan fingerprint density at radius 2 is 2.16 bits per heavy atom. The van der Waals surface area contributed by atoms with Crippen LogP contribution in [0.25, 0.3) is 0 Å². The number of guanidine groups is 1. The van der Waals surface area contributed by atoms with Crippen molar-refractivity contribution in [1.82, 2.24) is 10.6 Å². The molecule has 1 heterocycles. The molecular formula is C15H25N3S. The van der Waals surface area contributed by atoms with E-state index in [1.807, 2.05) is 0 Å². The molecule has 1 aromatic heterocycles. The van der Waals surface area contributed by atoms with Crippen LogP contribution in [-0.4, -0.2) is 18.5 Å². The maximum absolute atomic E-state index is 4.72. The lowest BCUT2D eigenvalue weighted by molar-refractivity contribution is 0.410. The van der Waals surface area contributed by atoms with Gasteiger partial charge in [0.2, 0.25) is 0 Å². The Hall–Kier alpha value is -1.03. The third-order valence-electron chi connectivity index (χ3n) is 3.64. The van der Waals surface area contributed by atoms with Crippen LogP contribution in [0.3, 0.4) is 0 Å². The molecule has 0 spiro atoms. The van der Waals surface area contributed by atoms with Gasteiger partial charge in [0, 0.05) is 17.5 Å². The monoisotopic (exact) mass is 279 g/mol. The fraction of sp³-hybridized carbons (Fsp3) is 0.667. The zero-order chi connectivity index (χ0) is 13.5. The molecule has 106 valence electrons. The van der Waals surface area contributed by atoms with Crippen LogP contribution in [0.4, 0.5) is 0 Å². The molecule has 19 heavy (non-hydrogen) atoms. The second kappa shape index (κ2) is 7.53. The Morgan fingerprint density at radius 3 is 2.79 bits per heavy atom. The summed E-state index contributed by atoms with van der Waals surface area (Å²) in [6, 6.07) is 2.77. The summed E-state index contributed by atoms with van der Waals surface area (Å²) in [6.45, 7) is 5.98. The Balaban J connectivity index is 1.92. The maximum Gasteiger partial charge on any atom is 0.191 e. The van der Waals surface area contributed by atoms with Crippen LogP contribution in [0.5, 0.6) is 0 Å². The molecule has 2 rings (SSSR count). The summed E-state index contributed by atoms with van der Waals surface area (Å²) in [7, 11) is 0. The minimum absolute atomic E-state index is 0.607. The van der Waals surface area contributed by atoms with Gasteiger partial charge in [-0.3, -0.25) is 0 Å². The second-order valence-corrected chi connectivity index (χ2v) is 6.20. The number of aryl methyl sites for hydroxylation is 1. The maximum atomic E-state index is 4.72. The molecule has 0 saturated heterocycles. The molecule has 0 bridgehead atoms. The van der Waals surface area contributed by atoms with Gasteiger partial charge in [-0.25, -0.2) is 4.99 Å². The van der Waals surface area contributed by atoms with Gasteiger partial charge in [0.25, 0.3) is 0 Å². The summed E-state index contributed by atoms with van der Waals surface area (Å²) in [5.41, 5.74) is 1.35. The van der Waals surface area contributed by atoms with E-state index in [1.54, 1.807) is 11.3 Å². The van der Waals surface area contributed by atoms with Crippen LogP contribution in [0.1, 0.15) is 49.5 Å². The number of nitrogens with zero attached hydrogens (tertiary/aromatic N) is 1. The van der Waals surface area contributed by atoms with Gasteiger partial charge in [-0.1, -0.05) is 19.3 Å². The molecule has 4 heteroatoms. The predicted octanol–water partition coefficient (Wildman–Crippen LogP) is 3.44. The number of rotatable bonds is 4. The van der Waals surface area contributed by atoms with Gasteiger partial charge in [-0.05, 0) is 43.7 Å². The van der Waals surface area contributed by atoms with Crippen molar-refractivity contribution in [3.8, 4) is 0 Å². The van der Waals surface area contributed by atoms with Crippen LogP contribution < -0.4 is 10.6 Å². The lowest BCUT2D eigenvalue weighted by Gasteiger charge is -2.24. The van der Waals surface area contributed by atoms with Crippen LogP contribution in [0.15, 0.2) is 16.4 Å². The topological polar surface area (TPSA) is 36.4 Å². The Bertz CT molecular complexity index is 405. The van der Waals surface area contributed by atoms with E-state index < -0.39 is 0 Å². The summed E-state index contributed by atoms with van der Waals surface area (Å²) in [4.78, 5) is 6.08. The second-order valence-electron chi connectivity index (χ2n) is 5.20. The van der Waals surface area contributed by atoms with Crippen molar-refractivity contribution in [3.05, 3.63) is 21.9 Å². The van der Waals surface area contributed by atoms with Gasteiger partial charge in [-0.15, -0.1) is 11.3 Å². The van der Waals surface area contributed by atoms with E-state index in [4.69, 9.17) is 4.99 Å². The summed E-state index contributed by atoms with van der Waals surface area (Å²) in [5.74, 6) is 0.974. The van der Waals surface area contributed by atoms with Gasteiger partial charge in [0.05, 0.1) is 6.54 Å². The summed E-state index contributed by atoms with van der Waals surface area (Å²) in [6.07, 6.45) is 6.65. The number of nitrogens with one attached hydrogen (secondary N) is 2. The summed E-state index contributed by atoms with van der Waals surface area (Å²) < 4.78 is 0. The van der Waals surface area contributed by atoms with E-state index in [0.717, 1.165) is 19.0 Å². The van der Waals surface area contributed by atoms with Gasteiger partial charge in [0.1, 0.15) is 0 Å². The highest BCUT2D eigenvalue weighted by Crippen LogP contribution is 2.18. The third-order valence-corrected chi connectivity index (χ3v) is 4.65. The number of thiophene rings is 1. The van der Waals surface area contributed by atoms with Gasteiger partial charge < -0.3 is 10.6 Å². The van der Waals surface area contributed by atoms with Gasteiger partial charge >= 0.3 is 0 Å². The molecule has 1 aliphatic rings. The Kier molecular flexibility index (Phi) is 5.70. The molecule has 1 aromatic rings.